The van der Waals surface area contributed by atoms with Gasteiger partial charge in [-0.15, -0.1) is 0 Å². The summed E-state index contributed by atoms with van der Waals surface area (Å²) in [6.07, 6.45) is 0. The van der Waals surface area contributed by atoms with E-state index in [2.05, 4.69) is 15.3 Å². The van der Waals surface area contributed by atoms with Crippen molar-refractivity contribution in [3.05, 3.63) is 94.5 Å². The van der Waals surface area contributed by atoms with Gasteiger partial charge in [0.1, 0.15) is 5.69 Å². The van der Waals surface area contributed by atoms with Gasteiger partial charge in [0.25, 0.3) is 11.5 Å². The molecule has 2 aromatic heterocycles. The van der Waals surface area contributed by atoms with Crippen LogP contribution in [0.5, 0.6) is 0 Å². The highest BCUT2D eigenvalue weighted by atomic mass is 16.2. The van der Waals surface area contributed by atoms with Gasteiger partial charge in [0.15, 0.2) is 0 Å². The molecule has 0 radical (unpaired) electrons. The fourth-order valence-electron chi connectivity index (χ4n) is 3.01. The number of amides is 1. The number of benzene rings is 2. The van der Waals surface area contributed by atoms with E-state index in [0.717, 1.165) is 17.0 Å². The lowest BCUT2D eigenvalue weighted by atomic mass is 10.1. The van der Waals surface area contributed by atoms with Gasteiger partial charge in [-0.05, 0) is 18.2 Å². The zero-order chi connectivity index (χ0) is 19.5. The molecule has 0 fully saturated rings. The van der Waals surface area contributed by atoms with E-state index in [0.29, 0.717) is 12.2 Å². The average molecular weight is 373 g/mol. The minimum Gasteiger partial charge on any atom is -0.335 e. The zero-order valence-corrected chi connectivity index (χ0v) is 15.3. The summed E-state index contributed by atoms with van der Waals surface area (Å²) in [4.78, 5) is 26.5. The number of nitrogens with one attached hydrogen (secondary N) is 2. The number of para-hydroxylation sites is 1. The van der Waals surface area contributed by atoms with Crippen molar-refractivity contribution in [1.82, 2.24) is 24.9 Å². The van der Waals surface area contributed by atoms with Crippen LogP contribution in [0.15, 0.2) is 77.6 Å². The van der Waals surface area contributed by atoms with E-state index >= 15 is 0 Å². The summed E-state index contributed by atoms with van der Waals surface area (Å²) in [5.41, 5.74) is 3.26. The minimum absolute atomic E-state index is 0.235. The molecule has 0 saturated heterocycles. The number of aromatic amines is 2. The molecular formula is C21H19N5O2. The molecule has 2 heterocycles. The van der Waals surface area contributed by atoms with Crippen LogP contribution in [-0.2, 0) is 6.54 Å². The lowest BCUT2D eigenvalue weighted by Crippen LogP contribution is -2.26. The van der Waals surface area contributed by atoms with E-state index in [9.17, 15) is 9.59 Å². The summed E-state index contributed by atoms with van der Waals surface area (Å²) < 4.78 is 1.35. The highest BCUT2D eigenvalue weighted by molar-refractivity contribution is 5.92. The standard InChI is InChI=1S/C21H19N5O2/c1-25(14-16-12-18(23-22-16)15-8-4-2-5-9-15)21(28)19-13-20(27)26(24-19)17-10-6-3-7-11-17/h2-13,24H,14H2,1H3,(H,22,23). The molecule has 0 spiro atoms. The van der Waals surface area contributed by atoms with Gasteiger partial charge in [-0.3, -0.25) is 19.8 Å². The normalized spacial score (nSPS) is 10.8. The number of rotatable bonds is 5. The van der Waals surface area contributed by atoms with Crippen LogP contribution in [0.3, 0.4) is 0 Å². The molecule has 2 aromatic carbocycles. The molecule has 2 N–H and O–H groups in total. The van der Waals surface area contributed by atoms with E-state index < -0.39 is 0 Å². The van der Waals surface area contributed by atoms with Crippen molar-refractivity contribution in [3.63, 3.8) is 0 Å². The molecule has 7 heteroatoms. The summed E-state index contributed by atoms with van der Waals surface area (Å²) in [6.45, 7) is 0.344. The lowest BCUT2D eigenvalue weighted by molar-refractivity contribution is 0.0777. The summed E-state index contributed by atoms with van der Waals surface area (Å²) in [7, 11) is 1.68. The Bertz CT molecular complexity index is 1140. The number of nitrogens with zero attached hydrogens (tertiary/aromatic N) is 3. The van der Waals surface area contributed by atoms with Gasteiger partial charge in [0.2, 0.25) is 0 Å². The molecule has 28 heavy (non-hydrogen) atoms. The predicted molar refractivity (Wildman–Crippen MR) is 106 cm³/mol. The first kappa shape index (κ1) is 17.5. The number of carbonyl (C=O) groups is 1. The summed E-state index contributed by atoms with van der Waals surface area (Å²) >= 11 is 0. The Balaban J connectivity index is 1.50. The highest BCUT2D eigenvalue weighted by Crippen LogP contribution is 2.17. The van der Waals surface area contributed by atoms with Crippen LogP contribution >= 0.6 is 0 Å². The second-order valence-corrected chi connectivity index (χ2v) is 6.48. The van der Waals surface area contributed by atoms with E-state index in [4.69, 9.17) is 0 Å². The number of aromatic nitrogens is 4. The van der Waals surface area contributed by atoms with Crippen LogP contribution in [0.4, 0.5) is 0 Å². The van der Waals surface area contributed by atoms with Gasteiger partial charge >= 0.3 is 0 Å². The van der Waals surface area contributed by atoms with Crippen LogP contribution < -0.4 is 5.56 Å². The van der Waals surface area contributed by atoms with Crippen LogP contribution in [-0.4, -0.2) is 37.8 Å². The van der Waals surface area contributed by atoms with Crippen LogP contribution in [0.2, 0.25) is 0 Å². The third-order valence-corrected chi connectivity index (χ3v) is 4.42. The summed E-state index contributed by atoms with van der Waals surface area (Å²) in [5, 5.41) is 10.1. The number of hydrogen-bond donors (Lipinski definition) is 2. The van der Waals surface area contributed by atoms with Gasteiger partial charge in [-0.2, -0.15) is 5.10 Å². The Hall–Kier alpha value is -3.87. The van der Waals surface area contributed by atoms with Gasteiger partial charge in [0, 0.05) is 18.7 Å². The van der Waals surface area contributed by atoms with Crippen molar-refractivity contribution in [3.8, 4) is 16.9 Å². The number of carbonyl (C=O) groups excluding carboxylic acids is 1. The third-order valence-electron chi connectivity index (χ3n) is 4.42. The molecule has 0 unspecified atom stereocenters. The Morgan fingerprint density at radius 2 is 1.71 bits per heavy atom. The van der Waals surface area contributed by atoms with E-state index in [1.165, 1.54) is 15.6 Å². The van der Waals surface area contributed by atoms with Crippen molar-refractivity contribution in [2.75, 3.05) is 7.05 Å². The Morgan fingerprint density at radius 3 is 2.43 bits per heavy atom. The monoisotopic (exact) mass is 373 g/mol. The molecule has 4 aromatic rings. The van der Waals surface area contributed by atoms with Crippen LogP contribution in [0.25, 0.3) is 16.9 Å². The maximum atomic E-state index is 12.7. The molecule has 0 saturated carbocycles. The zero-order valence-electron chi connectivity index (χ0n) is 15.3. The van der Waals surface area contributed by atoms with Gasteiger partial charge in [0.05, 0.1) is 23.6 Å². The fourth-order valence-corrected chi connectivity index (χ4v) is 3.01. The Labute approximate surface area is 161 Å². The predicted octanol–water partition coefficient (Wildman–Crippen LogP) is 2.83. The van der Waals surface area contributed by atoms with E-state index in [1.807, 2.05) is 54.6 Å². The fraction of sp³-hybridized carbons (Fsp3) is 0.0952. The van der Waals surface area contributed by atoms with Gasteiger partial charge < -0.3 is 4.90 Å². The third kappa shape index (κ3) is 3.50. The SMILES string of the molecule is CN(Cc1cc(-c2ccccc2)n[nH]1)C(=O)c1cc(=O)n(-c2ccccc2)[nH]1. The van der Waals surface area contributed by atoms with E-state index in [-0.39, 0.29) is 17.2 Å². The topological polar surface area (TPSA) is 86.8 Å². The van der Waals surface area contributed by atoms with Crippen molar-refractivity contribution in [2.45, 2.75) is 6.54 Å². The molecule has 0 aliphatic carbocycles. The van der Waals surface area contributed by atoms with Crippen molar-refractivity contribution >= 4 is 5.91 Å². The molecule has 7 nitrogen and oxygen atoms in total. The van der Waals surface area contributed by atoms with E-state index in [1.54, 1.807) is 19.2 Å². The first-order valence-electron chi connectivity index (χ1n) is 8.84. The Kier molecular flexibility index (Phi) is 4.63. The highest BCUT2D eigenvalue weighted by Gasteiger charge is 2.17. The number of H-pyrrole nitrogens is 2. The molecule has 0 aliphatic rings. The second-order valence-electron chi connectivity index (χ2n) is 6.48. The first-order chi connectivity index (χ1) is 13.6. The summed E-state index contributed by atoms with van der Waals surface area (Å²) in [5.74, 6) is -0.275. The van der Waals surface area contributed by atoms with Crippen molar-refractivity contribution < 1.29 is 4.79 Å². The van der Waals surface area contributed by atoms with Crippen molar-refractivity contribution in [2.24, 2.45) is 0 Å². The Morgan fingerprint density at radius 1 is 1.04 bits per heavy atom. The molecular weight excluding hydrogens is 354 g/mol. The maximum absolute atomic E-state index is 12.7. The summed E-state index contributed by atoms with van der Waals surface area (Å²) in [6, 6.07) is 22.2. The molecule has 1 amide bonds. The molecule has 0 atom stereocenters. The van der Waals surface area contributed by atoms with Crippen LogP contribution in [0.1, 0.15) is 16.2 Å². The van der Waals surface area contributed by atoms with Gasteiger partial charge in [-0.25, -0.2) is 4.68 Å². The number of hydrogen-bond acceptors (Lipinski definition) is 3. The quantitative estimate of drug-likeness (QED) is 0.564. The maximum Gasteiger partial charge on any atom is 0.272 e. The molecule has 0 bridgehead atoms. The molecule has 0 aliphatic heterocycles. The molecule has 4 rings (SSSR count). The second kappa shape index (κ2) is 7.40. The average Bonchev–Trinajstić information content (AvgIpc) is 3.35. The minimum atomic E-state index is -0.282. The molecule has 140 valence electrons. The first-order valence-corrected chi connectivity index (χ1v) is 8.84. The largest absolute Gasteiger partial charge is 0.335 e. The van der Waals surface area contributed by atoms with Crippen LogP contribution in [0, 0.1) is 0 Å². The van der Waals surface area contributed by atoms with Gasteiger partial charge in [-0.1, -0.05) is 48.5 Å². The lowest BCUT2D eigenvalue weighted by Gasteiger charge is -2.14. The smallest absolute Gasteiger partial charge is 0.272 e. The van der Waals surface area contributed by atoms with Crippen molar-refractivity contribution in [1.29, 1.82) is 0 Å².